The molecule has 0 bridgehead atoms. The van der Waals surface area contributed by atoms with Gasteiger partial charge in [0.1, 0.15) is 0 Å². The third-order valence-electron chi connectivity index (χ3n) is 1.11. The number of aliphatic carboxylic acids is 2. The lowest BCUT2D eigenvalue weighted by atomic mass is 10.2. The summed E-state index contributed by atoms with van der Waals surface area (Å²) in [6, 6.07) is 0. The second-order valence-corrected chi connectivity index (χ2v) is 3.91. The van der Waals surface area contributed by atoms with Gasteiger partial charge in [0.2, 0.25) is 5.76 Å². The summed E-state index contributed by atoms with van der Waals surface area (Å²) in [6.07, 6.45) is -1.33. The Hall–Kier alpha value is -1.37. The van der Waals surface area contributed by atoms with Crippen LogP contribution in [0.2, 0.25) is 0 Å². The molecule has 0 heterocycles. The molecule has 0 unspecified atom stereocenters. The molecule has 0 saturated heterocycles. The van der Waals surface area contributed by atoms with Gasteiger partial charge in [-0.2, -0.15) is 0 Å². The Morgan fingerprint density at radius 2 is 1.43 bits per heavy atom. The lowest BCUT2D eigenvalue weighted by molar-refractivity contribution is -0.138. The van der Waals surface area contributed by atoms with Crippen molar-refractivity contribution in [2.75, 3.05) is 6.16 Å². The summed E-state index contributed by atoms with van der Waals surface area (Å²) < 4.78 is 10.4. The van der Waals surface area contributed by atoms with Crippen molar-refractivity contribution in [2.24, 2.45) is 0 Å². The molecular weight excluding hydrogens is 219 g/mol. The minimum absolute atomic E-state index is 1.23. The molecule has 0 aromatic carbocycles. The number of carboxylic acids is 2. The van der Waals surface area contributed by atoms with Gasteiger partial charge in [0.25, 0.3) is 0 Å². The van der Waals surface area contributed by atoms with Crippen molar-refractivity contribution in [1.82, 2.24) is 0 Å². The number of rotatable bonds is 4. The number of aliphatic hydroxyl groups excluding tert-OH is 1. The van der Waals surface area contributed by atoms with E-state index in [4.69, 9.17) is 25.1 Å². The minimum atomic E-state index is -4.73. The average Bonchev–Trinajstić information content (AvgIpc) is 1.96. The van der Waals surface area contributed by atoms with E-state index < -0.39 is 37.0 Å². The molecule has 0 saturated carbocycles. The van der Waals surface area contributed by atoms with E-state index in [9.17, 15) is 14.2 Å². The molecule has 0 radical (unpaired) electrons. The SMILES string of the molecule is O=C(O)/C(O)=C(/CP(=O)(O)O)C(=O)O. The van der Waals surface area contributed by atoms with E-state index in [-0.39, 0.29) is 0 Å². The third kappa shape index (κ3) is 4.04. The fourth-order valence-electron chi connectivity index (χ4n) is 0.579. The van der Waals surface area contributed by atoms with Gasteiger partial charge in [-0.3, -0.25) is 4.57 Å². The second kappa shape index (κ2) is 4.23. The summed E-state index contributed by atoms with van der Waals surface area (Å²) in [4.78, 5) is 37.2. The Morgan fingerprint density at radius 1 is 1.00 bits per heavy atom. The Bertz CT molecular complexity index is 336. The van der Waals surface area contributed by atoms with Gasteiger partial charge in [-0.15, -0.1) is 0 Å². The molecule has 14 heavy (non-hydrogen) atoms. The number of hydrogen-bond acceptors (Lipinski definition) is 4. The first-order valence-electron chi connectivity index (χ1n) is 3.08. The molecule has 0 aliphatic heterocycles. The molecule has 0 aromatic rings. The number of hydrogen-bond donors (Lipinski definition) is 5. The van der Waals surface area contributed by atoms with Crippen LogP contribution in [0.3, 0.4) is 0 Å². The van der Waals surface area contributed by atoms with Gasteiger partial charge < -0.3 is 25.1 Å². The van der Waals surface area contributed by atoms with Crippen molar-refractivity contribution in [3.8, 4) is 0 Å². The zero-order valence-electron chi connectivity index (χ0n) is 6.62. The summed E-state index contributed by atoms with van der Waals surface area (Å²) in [5, 5.41) is 25.2. The van der Waals surface area contributed by atoms with Crippen molar-refractivity contribution in [2.45, 2.75) is 0 Å². The van der Waals surface area contributed by atoms with Gasteiger partial charge in [-0.05, 0) is 0 Å². The number of aliphatic hydroxyl groups is 1. The van der Waals surface area contributed by atoms with Gasteiger partial charge in [-0.1, -0.05) is 0 Å². The van der Waals surface area contributed by atoms with Gasteiger partial charge in [0, 0.05) is 0 Å². The fourth-order valence-corrected chi connectivity index (χ4v) is 1.28. The Balaban J connectivity index is 5.17. The number of carboxylic acid groups (broad SMARTS) is 2. The van der Waals surface area contributed by atoms with Gasteiger partial charge in [0.15, 0.2) is 0 Å². The average molecular weight is 226 g/mol. The normalized spacial score (nSPS) is 13.3. The molecule has 8 nitrogen and oxygen atoms in total. The van der Waals surface area contributed by atoms with Crippen LogP contribution in [0.5, 0.6) is 0 Å². The predicted molar refractivity (Wildman–Crippen MR) is 41.8 cm³/mol. The Kier molecular flexibility index (Phi) is 3.81. The third-order valence-corrected chi connectivity index (χ3v) is 1.84. The summed E-state index contributed by atoms with van der Waals surface area (Å²) in [6.45, 7) is 0. The maximum Gasteiger partial charge on any atom is 0.371 e. The van der Waals surface area contributed by atoms with E-state index in [0.29, 0.717) is 0 Å². The van der Waals surface area contributed by atoms with Crippen LogP contribution in [0.15, 0.2) is 11.3 Å². The van der Waals surface area contributed by atoms with Crippen LogP contribution in [0.4, 0.5) is 0 Å². The Labute approximate surface area is 77.3 Å². The van der Waals surface area contributed by atoms with Crippen molar-refractivity contribution < 1.29 is 39.3 Å². The van der Waals surface area contributed by atoms with Crippen LogP contribution in [0, 0.1) is 0 Å². The quantitative estimate of drug-likeness (QED) is 0.236. The molecule has 0 fully saturated rings. The van der Waals surface area contributed by atoms with Crippen molar-refractivity contribution in [1.29, 1.82) is 0 Å². The minimum Gasteiger partial charge on any atom is -0.501 e. The topological polar surface area (TPSA) is 152 Å². The lowest BCUT2D eigenvalue weighted by Crippen LogP contribution is -2.14. The van der Waals surface area contributed by atoms with Crippen LogP contribution in [-0.4, -0.2) is 43.2 Å². The molecule has 80 valence electrons. The van der Waals surface area contributed by atoms with Crippen LogP contribution in [0.25, 0.3) is 0 Å². The molecule has 0 aliphatic carbocycles. The maximum absolute atomic E-state index is 10.4. The van der Waals surface area contributed by atoms with E-state index in [1.807, 2.05) is 0 Å². The van der Waals surface area contributed by atoms with Crippen molar-refractivity contribution >= 4 is 19.5 Å². The summed E-state index contributed by atoms with van der Waals surface area (Å²) in [7, 11) is -4.73. The van der Waals surface area contributed by atoms with Crippen molar-refractivity contribution in [3.63, 3.8) is 0 Å². The first-order valence-corrected chi connectivity index (χ1v) is 4.88. The lowest BCUT2D eigenvalue weighted by Gasteiger charge is -2.05. The summed E-state index contributed by atoms with van der Waals surface area (Å²) in [5.74, 6) is -5.44. The zero-order valence-corrected chi connectivity index (χ0v) is 7.51. The molecule has 5 N–H and O–H groups in total. The van der Waals surface area contributed by atoms with E-state index in [2.05, 4.69) is 0 Å². The van der Waals surface area contributed by atoms with E-state index in [1.54, 1.807) is 0 Å². The maximum atomic E-state index is 10.4. The van der Waals surface area contributed by atoms with Gasteiger partial charge >= 0.3 is 19.5 Å². The summed E-state index contributed by atoms with van der Waals surface area (Å²) >= 11 is 0. The van der Waals surface area contributed by atoms with E-state index >= 15 is 0 Å². The van der Waals surface area contributed by atoms with Gasteiger partial charge in [-0.25, -0.2) is 9.59 Å². The smallest absolute Gasteiger partial charge is 0.371 e. The molecule has 0 aromatic heterocycles. The van der Waals surface area contributed by atoms with Crippen LogP contribution >= 0.6 is 7.60 Å². The van der Waals surface area contributed by atoms with E-state index in [0.717, 1.165) is 0 Å². The van der Waals surface area contributed by atoms with Crippen LogP contribution in [0.1, 0.15) is 0 Å². The predicted octanol–water partition coefficient (Wildman–Crippen LogP) is -0.855. The zero-order chi connectivity index (χ0) is 11.5. The van der Waals surface area contributed by atoms with E-state index in [1.165, 1.54) is 0 Å². The monoisotopic (exact) mass is 226 g/mol. The molecule has 0 amide bonds. The second-order valence-electron chi connectivity index (χ2n) is 2.26. The first kappa shape index (κ1) is 12.6. The van der Waals surface area contributed by atoms with Crippen LogP contribution < -0.4 is 0 Å². The molecule has 0 aliphatic rings. The molecule has 9 heteroatoms. The summed E-state index contributed by atoms with van der Waals surface area (Å²) in [5.41, 5.74) is -1.23. The molecule has 0 atom stereocenters. The highest BCUT2D eigenvalue weighted by atomic mass is 31.2. The van der Waals surface area contributed by atoms with Gasteiger partial charge in [0.05, 0.1) is 11.7 Å². The molecule has 0 rings (SSSR count). The highest BCUT2D eigenvalue weighted by Gasteiger charge is 2.27. The Morgan fingerprint density at radius 3 is 1.64 bits per heavy atom. The van der Waals surface area contributed by atoms with Crippen LogP contribution in [-0.2, 0) is 14.2 Å². The first-order chi connectivity index (χ1) is 6.15. The standard InChI is InChI=1S/C5H7O8P/c6-3(5(9)10)2(4(7)8)1-14(11,12)13/h6H,1H2,(H,7,8)(H,9,10)(H2,11,12,13)/b3-2+. The highest BCUT2D eigenvalue weighted by Crippen LogP contribution is 2.37. The van der Waals surface area contributed by atoms with Crippen molar-refractivity contribution in [3.05, 3.63) is 11.3 Å². The highest BCUT2D eigenvalue weighted by molar-refractivity contribution is 7.52. The molecule has 0 spiro atoms. The number of carbonyl (C=O) groups is 2. The largest absolute Gasteiger partial charge is 0.501 e. The fraction of sp³-hybridized carbons (Fsp3) is 0.200. The molecular formula is C5H7O8P.